The zero-order chi connectivity index (χ0) is 24.4. The Balaban J connectivity index is 1.38. The third kappa shape index (κ3) is 4.85. The first-order valence-corrected chi connectivity index (χ1v) is 12.0. The maximum atomic E-state index is 13.1. The summed E-state index contributed by atoms with van der Waals surface area (Å²) in [6.07, 6.45) is 11.3. The van der Waals surface area contributed by atoms with Crippen LogP contribution in [0.1, 0.15) is 43.0 Å². The number of hydrogen-bond acceptors (Lipinski definition) is 7. The summed E-state index contributed by atoms with van der Waals surface area (Å²) < 4.78 is 12.3. The van der Waals surface area contributed by atoms with Crippen LogP contribution in [0.3, 0.4) is 0 Å². The van der Waals surface area contributed by atoms with E-state index in [0.29, 0.717) is 24.2 Å². The lowest BCUT2D eigenvalue weighted by Crippen LogP contribution is -2.38. The molecule has 0 aliphatic heterocycles. The number of amides is 1. The molecule has 0 bridgehead atoms. The van der Waals surface area contributed by atoms with Crippen LogP contribution in [0, 0.1) is 0 Å². The quantitative estimate of drug-likeness (QED) is 0.356. The van der Waals surface area contributed by atoms with E-state index in [9.17, 15) is 4.79 Å². The number of nitrogens with zero attached hydrogens (tertiary/aromatic N) is 4. The van der Waals surface area contributed by atoms with Gasteiger partial charge in [0.25, 0.3) is 5.91 Å². The van der Waals surface area contributed by atoms with Crippen molar-refractivity contribution in [2.75, 3.05) is 26.1 Å². The van der Waals surface area contributed by atoms with Crippen LogP contribution in [-0.2, 0) is 9.47 Å². The van der Waals surface area contributed by atoms with Crippen molar-refractivity contribution >= 4 is 28.4 Å². The number of methoxy groups -OCH3 is 2. The first-order valence-electron chi connectivity index (χ1n) is 12.0. The minimum Gasteiger partial charge on any atom is -0.383 e. The van der Waals surface area contributed by atoms with Gasteiger partial charge in [-0.25, -0.2) is 9.50 Å². The van der Waals surface area contributed by atoms with E-state index in [-0.39, 0.29) is 18.0 Å². The number of nitrogens with one attached hydrogen (secondary N) is 3. The summed E-state index contributed by atoms with van der Waals surface area (Å²) in [7, 11) is 3.41. The molecule has 0 radical (unpaired) electrons. The normalized spacial score (nSPS) is 19.2. The van der Waals surface area contributed by atoms with Gasteiger partial charge in [-0.05, 0) is 50.3 Å². The second-order valence-electron chi connectivity index (χ2n) is 9.15. The van der Waals surface area contributed by atoms with E-state index in [0.717, 1.165) is 53.4 Å². The number of H-pyrrole nitrogens is 1. The lowest BCUT2D eigenvalue weighted by molar-refractivity contribution is 0.0599. The molecule has 0 saturated heterocycles. The first-order chi connectivity index (χ1) is 17.1. The molecule has 1 atom stereocenters. The summed E-state index contributed by atoms with van der Waals surface area (Å²) in [6.45, 7) is 2.57. The van der Waals surface area contributed by atoms with E-state index in [1.807, 2.05) is 31.5 Å². The summed E-state index contributed by atoms with van der Waals surface area (Å²) in [5, 5.41) is 11.7. The molecule has 184 valence electrons. The zero-order valence-corrected chi connectivity index (χ0v) is 20.2. The van der Waals surface area contributed by atoms with E-state index in [4.69, 9.17) is 9.47 Å². The maximum Gasteiger partial charge on any atom is 0.255 e. The highest BCUT2D eigenvalue weighted by molar-refractivity contribution is 6.02. The minimum atomic E-state index is -0.0961. The third-order valence-electron chi connectivity index (χ3n) is 6.64. The van der Waals surface area contributed by atoms with Gasteiger partial charge in [0, 0.05) is 55.8 Å². The average molecular weight is 478 g/mol. The smallest absolute Gasteiger partial charge is 0.255 e. The molecule has 0 spiro atoms. The van der Waals surface area contributed by atoms with Gasteiger partial charge in [-0.3, -0.25) is 4.79 Å². The molecular weight excluding hydrogens is 446 g/mol. The molecule has 1 amide bonds. The minimum absolute atomic E-state index is 0.0933. The Morgan fingerprint density at radius 3 is 2.86 bits per heavy atom. The molecule has 3 N–H and O–H groups in total. The monoisotopic (exact) mass is 477 g/mol. The second kappa shape index (κ2) is 10.0. The molecule has 0 unspecified atom stereocenters. The molecule has 4 aromatic rings. The number of aromatic nitrogens is 5. The van der Waals surface area contributed by atoms with E-state index >= 15 is 0 Å². The van der Waals surface area contributed by atoms with Gasteiger partial charge in [-0.1, -0.05) is 0 Å². The predicted molar refractivity (Wildman–Crippen MR) is 134 cm³/mol. The average Bonchev–Trinajstić information content (AvgIpc) is 3.48. The number of fused-ring (bicyclic) bond motifs is 2. The van der Waals surface area contributed by atoms with Crippen molar-refractivity contribution in [3.63, 3.8) is 0 Å². The number of ether oxygens (including phenoxy) is 2. The molecule has 0 aromatic carbocycles. The summed E-state index contributed by atoms with van der Waals surface area (Å²) in [5.41, 5.74) is 3.98. The van der Waals surface area contributed by atoms with Gasteiger partial charge in [-0.15, -0.1) is 0 Å². The number of rotatable bonds is 8. The summed E-state index contributed by atoms with van der Waals surface area (Å²) in [5.74, 6) is 0.446. The number of carbonyl (C=O) groups excluding carboxylic acids is 1. The van der Waals surface area contributed by atoms with Gasteiger partial charge in [0.1, 0.15) is 5.65 Å². The Morgan fingerprint density at radius 2 is 2.09 bits per heavy atom. The fourth-order valence-corrected chi connectivity index (χ4v) is 4.76. The number of hydrogen-bond donors (Lipinski definition) is 3. The third-order valence-corrected chi connectivity index (χ3v) is 6.64. The Labute approximate surface area is 203 Å². The molecule has 4 heterocycles. The Hall–Kier alpha value is -3.50. The molecule has 1 saturated carbocycles. The van der Waals surface area contributed by atoms with E-state index in [1.54, 1.807) is 31.1 Å². The van der Waals surface area contributed by atoms with Crippen LogP contribution in [0.25, 0.3) is 27.7 Å². The van der Waals surface area contributed by atoms with Crippen LogP contribution >= 0.6 is 0 Å². The van der Waals surface area contributed by atoms with Gasteiger partial charge in [0.05, 0.1) is 30.0 Å². The van der Waals surface area contributed by atoms with Crippen LogP contribution in [0.2, 0.25) is 0 Å². The lowest BCUT2D eigenvalue weighted by atomic mass is 9.93. The van der Waals surface area contributed by atoms with Crippen molar-refractivity contribution in [3.8, 4) is 11.1 Å². The van der Waals surface area contributed by atoms with Gasteiger partial charge in [0.15, 0.2) is 0 Å². The van der Waals surface area contributed by atoms with Gasteiger partial charge < -0.3 is 25.1 Å². The van der Waals surface area contributed by atoms with Gasteiger partial charge in [0.2, 0.25) is 5.95 Å². The largest absolute Gasteiger partial charge is 0.383 e. The predicted octanol–water partition coefficient (Wildman–Crippen LogP) is 3.41. The van der Waals surface area contributed by atoms with Crippen molar-refractivity contribution in [1.82, 2.24) is 29.9 Å². The van der Waals surface area contributed by atoms with Crippen LogP contribution in [0.15, 0.2) is 36.9 Å². The van der Waals surface area contributed by atoms with Crippen molar-refractivity contribution in [2.45, 2.75) is 50.8 Å². The molecule has 1 fully saturated rings. The molecule has 5 rings (SSSR count). The summed E-state index contributed by atoms with van der Waals surface area (Å²) in [4.78, 5) is 25.4. The molecule has 1 aliphatic rings. The fourth-order valence-electron chi connectivity index (χ4n) is 4.76. The highest BCUT2D eigenvalue weighted by Crippen LogP contribution is 2.29. The lowest BCUT2D eigenvalue weighted by Gasteiger charge is -2.28. The van der Waals surface area contributed by atoms with Crippen molar-refractivity contribution in [1.29, 1.82) is 0 Å². The molecule has 1 aliphatic carbocycles. The second-order valence-corrected chi connectivity index (χ2v) is 9.15. The number of anilines is 1. The van der Waals surface area contributed by atoms with E-state index in [1.165, 1.54) is 0 Å². The van der Waals surface area contributed by atoms with Crippen molar-refractivity contribution in [2.24, 2.45) is 0 Å². The van der Waals surface area contributed by atoms with Crippen LogP contribution in [0.5, 0.6) is 0 Å². The first kappa shape index (κ1) is 23.3. The van der Waals surface area contributed by atoms with E-state index in [2.05, 4.69) is 30.7 Å². The number of aromatic amines is 1. The topological polar surface area (TPSA) is 118 Å². The van der Waals surface area contributed by atoms with Crippen LogP contribution in [-0.4, -0.2) is 69.5 Å². The van der Waals surface area contributed by atoms with Crippen molar-refractivity contribution in [3.05, 3.63) is 42.5 Å². The molecular formula is C25H31N7O3. The molecule has 4 aromatic heterocycles. The van der Waals surface area contributed by atoms with Gasteiger partial charge in [-0.2, -0.15) is 10.1 Å². The SMILES string of the molecule is COC[C@H](C)Nc1ncc2c(-c3ccn4ncc(C(=O)NC5CCC(OC)CC5)c4c3)c[nH]c2n1. The number of carbonyl (C=O) groups is 1. The van der Waals surface area contributed by atoms with Crippen molar-refractivity contribution < 1.29 is 14.3 Å². The number of pyridine rings is 1. The van der Waals surface area contributed by atoms with Gasteiger partial charge >= 0.3 is 0 Å². The fraction of sp³-hybridized carbons (Fsp3) is 0.440. The Bertz CT molecular complexity index is 1320. The molecule has 35 heavy (non-hydrogen) atoms. The van der Waals surface area contributed by atoms with Crippen LogP contribution < -0.4 is 10.6 Å². The highest BCUT2D eigenvalue weighted by Gasteiger charge is 2.24. The van der Waals surface area contributed by atoms with E-state index < -0.39 is 0 Å². The highest BCUT2D eigenvalue weighted by atomic mass is 16.5. The maximum absolute atomic E-state index is 13.1. The standard InChI is InChI=1S/C25H31N7O3/c1-15(14-34-2)29-25-27-12-20-19(11-26-23(20)31-25)16-8-9-32-22(10-16)21(13-28-32)24(33)30-17-4-6-18(35-3)7-5-17/h8-13,15,17-18H,4-7,14H2,1-3H3,(H,30,33)(H2,26,27,29,31)/t15-,17?,18?/m0/s1. The Morgan fingerprint density at radius 1 is 1.26 bits per heavy atom. The summed E-state index contributed by atoms with van der Waals surface area (Å²) >= 11 is 0. The Kier molecular flexibility index (Phi) is 6.65. The molecule has 10 nitrogen and oxygen atoms in total. The molecule has 10 heteroatoms. The zero-order valence-electron chi connectivity index (χ0n) is 20.2. The van der Waals surface area contributed by atoms with Crippen LogP contribution in [0.4, 0.5) is 5.95 Å². The summed E-state index contributed by atoms with van der Waals surface area (Å²) in [6, 6.07) is 4.21.